The van der Waals surface area contributed by atoms with Gasteiger partial charge in [0.2, 0.25) is 0 Å². The molecule has 0 radical (unpaired) electrons. The van der Waals surface area contributed by atoms with Crippen molar-refractivity contribution in [2.24, 2.45) is 0 Å². The highest BCUT2D eigenvalue weighted by atomic mass is 79.9. The summed E-state index contributed by atoms with van der Waals surface area (Å²) >= 11 is 3.55. The van der Waals surface area contributed by atoms with Crippen LogP contribution in [0.25, 0.3) is 0 Å². The summed E-state index contributed by atoms with van der Waals surface area (Å²) in [5.41, 5.74) is 1.03. The van der Waals surface area contributed by atoms with Crippen molar-refractivity contribution in [1.82, 2.24) is 4.90 Å². The van der Waals surface area contributed by atoms with E-state index in [9.17, 15) is 9.90 Å². The number of nitrogens with zero attached hydrogens (tertiary/aromatic N) is 1. The number of carboxylic acids is 1. The highest BCUT2D eigenvalue weighted by Gasteiger charge is 2.30. The molecule has 128 valence electrons. The average Bonchev–Trinajstić information content (AvgIpc) is 2.95. The largest absolute Gasteiger partial charge is 0.490 e. The summed E-state index contributed by atoms with van der Waals surface area (Å²) in [6.07, 6.45) is 2.56. The molecule has 1 aromatic rings. The number of ether oxygens (including phenoxy) is 2. The number of hydrogen-bond donors (Lipinski definition) is 1. The zero-order valence-electron chi connectivity index (χ0n) is 13.7. The van der Waals surface area contributed by atoms with Gasteiger partial charge in [-0.05, 0) is 66.4 Å². The highest BCUT2D eigenvalue weighted by molar-refractivity contribution is 9.10. The fourth-order valence-electron chi connectivity index (χ4n) is 2.85. The molecule has 1 atom stereocenters. The van der Waals surface area contributed by atoms with E-state index in [2.05, 4.69) is 22.9 Å². The standard InChI is InChI=1S/C17H24BrNO4/c1-3-8-23-16-13(18)9-12(10-15(16)22-4-2)11-19-7-5-6-14(19)17(20)21/h9-10,14H,3-8,11H2,1-2H3,(H,20,21)/t14-/m1/s1. The number of likely N-dealkylation sites (tertiary alicyclic amines) is 1. The molecule has 0 unspecified atom stereocenters. The second-order valence-corrected chi connectivity index (χ2v) is 6.51. The van der Waals surface area contributed by atoms with Crippen LogP contribution in [0, 0.1) is 0 Å². The number of carboxylic acid groups (broad SMARTS) is 1. The molecule has 6 heteroatoms. The second kappa shape index (κ2) is 8.55. The smallest absolute Gasteiger partial charge is 0.320 e. The van der Waals surface area contributed by atoms with Gasteiger partial charge in [-0.15, -0.1) is 0 Å². The van der Waals surface area contributed by atoms with Crippen LogP contribution < -0.4 is 9.47 Å². The Kier molecular flexibility index (Phi) is 6.72. The van der Waals surface area contributed by atoms with E-state index in [-0.39, 0.29) is 6.04 Å². The maximum Gasteiger partial charge on any atom is 0.320 e. The molecular weight excluding hydrogens is 362 g/mol. The third-order valence-corrected chi connectivity index (χ3v) is 4.44. The van der Waals surface area contributed by atoms with Crippen molar-refractivity contribution in [3.63, 3.8) is 0 Å². The first kappa shape index (κ1) is 18.1. The van der Waals surface area contributed by atoms with Crippen molar-refractivity contribution in [1.29, 1.82) is 0 Å². The molecule has 0 bridgehead atoms. The van der Waals surface area contributed by atoms with E-state index in [1.54, 1.807) is 0 Å². The van der Waals surface area contributed by atoms with E-state index in [0.717, 1.165) is 29.4 Å². The van der Waals surface area contributed by atoms with Gasteiger partial charge in [-0.1, -0.05) is 6.92 Å². The van der Waals surface area contributed by atoms with E-state index in [1.807, 2.05) is 24.0 Å². The van der Waals surface area contributed by atoms with E-state index < -0.39 is 5.97 Å². The number of rotatable bonds is 8. The Hall–Kier alpha value is -1.27. The van der Waals surface area contributed by atoms with Crippen molar-refractivity contribution >= 4 is 21.9 Å². The fourth-order valence-corrected chi connectivity index (χ4v) is 3.45. The first-order valence-electron chi connectivity index (χ1n) is 8.11. The van der Waals surface area contributed by atoms with Crippen LogP contribution in [0.4, 0.5) is 0 Å². The summed E-state index contributed by atoms with van der Waals surface area (Å²) in [5.74, 6) is 0.680. The first-order chi connectivity index (χ1) is 11.1. The van der Waals surface area contributed by atoms with Crippen molar-refractivity contribution in [2.75, 3.05) is 19.8 Å². The Labute approximate surface area is 145 Å². The van der Waals surface area contributed by atoms with Crippen LogP contribution in [0.3, 0.4) is 0 Å². The van der Waals surface area contributed by atoms with Gasteiger partial charge in [0, 0.05) is 6.54 Å². The minimum absolute atomic E-state index is 0.389. The van der Waals surface area contributed by atoms with Crippen LogP contribution in [0.5, 0.6) is 11.5 Å². The van der Waals surface area contributed by atoms with Gasteiger partial charge < -0.3 is 14.6 Å². The van der Waals surface area contributed by atoms with Gasteiger partial charge in [0.1, 0.15) is 6.04 Å². The predicted molar refractivity (Wildman–Crippen MR) is 92.2 cm³/mol. The van der Waals surface area contributed by atoms with Crippen LogP contribution in [-0.2, 0) is 11.3 Å². The molecule has 2 rings (SSSR count). The number of benzene rings is 1. The van der Waals surface area contributed by atoms with E-state index in [4.69, 9.17) is 9.47 Å². The van der Waals surface area contributed by atoms with Crippen molar-refractivity contribution in [3.8, 4) is 11.5 Å². The lowest BCUT2D eigenvalue weighted by molar-refractivity contribution is -0.142. The summed E-state index contributed by atoms with van der Waals surface area (Å²) in [7, 11) is 0. The predicted octanol–water partition coefficient (Wildman–Crippen LogP) is 3.69. The molecule has 1 fully saturated rings. The van der Waals surface area contributed by atoms with Crippen LogP contribution in [0.1, 0.15) is 38.7 Å². The molecule has 0 amide bonds. The van der Waals surface area contributed by atoms with Gasteiger partial charge in [0.15, 0.2) is 11.5 Å². The molecule has 0 aromatic heterocycles. The molecule has 0 aliphatic carbocycles. The van der Waals surface area contributed by atoms with Gasteiger partial charge in [-0.2, -0.15) is 0 Å². The molecule has 1 aliphatic heterocycles. The Balaban J connectivity index is 2.20. The third-order valence-electron chi connectivity index (χ3n) is 3.85. The maximum absolute atomic E-state index is 11.3. The van der Waals surface area contributed by atoms with Gasteiger partial charge in [-0.25, -0.2) is 0 Å². The molecule has 1 aliphatic rings. The minimum atomic E-state index is -0.741. The van der Waals surface area contributed by atoms with E-state index >= 15 is 0 Å². The molecule has 0 saturated carbocycles. The van der Waals surface area contributed by atoms with Crippen molar-refractivity contribution in [3.05, 3.63) is 22.2 Å². The normalized spacial score (nSPS) is 18.1. The maximum atomic E-state index is 11.3. The van der Waals surface area contributed by atoms with Gasteiger partial charge in [0.05, 0.1) is 17.7 Å². The van der Waals surface area contributed by atoms with Gasteiger partial charge in [0.25, 0.3) is 0 Å². The zero-order valence-corrected chi connectivity index (χ0v) is 15.3. The van der Waals surface area contributed by atoms with Crippen molar-refractivity contribution < 1.29 is 19.4 Å². The Morgan fingerprint density at radius 3 is 2.83 bits per heavy atom. The third kappa shape index (κ3) is 4.61. The number of aliphatic carboxylic acids is 1. The molecule has 0 spiro atoms. The lowest BCUT2D eigenvalue weighted by atomic mass is 10.1. The molecule has 1 aromatic carbocycles. The monoisotopic (exact) mass is 385 g/mol. The van der Waals surface area contributed by atoms with Crippen LogP contribution in [-0.4, -0.2) is 41.8 Å². The number of halogens is 1. The molecule has 5 nitrogen and oxygen atoms in total. The van der Waals surface area contributed by atoms with Crippen LogP contribution in [0.15, 0.2) is 16.6 Å². The molecule has 1 N–H and O–H groups in total. The van der Waals surface area contributed by atoms with Crippen LogP contribution in [0.2, 0.25) is 0 Å². The number of carbonyl (C=O) groups is 1. The Morgan fingerprint density at radius 1 is 1.39 bits per heavy atom. The topological polar surface area (TPSA) is 59.0 Å². The average molecular weight is 386 g/mol. The SMILES string of the molecule is CCCOc1c(Br)cc(CN2CCC[C@@H]2C(=O)O)cc1OCC. The molecular formula is C17H24BrNO4. The zero-order chi connectivity index (χ0) is 16.8. The summed E-state index contributed by atoms with van der Waals surface area (Å²) in [5, 5.41) is 9.30. The summed E-state index contributed by atoms with van der Waals surface area (Å²) < 4.78 is 12.3. The summed E-state index contributed by atoms with van der Waals surface area (Å²) in [4.78, 5) is 13.3. The van der Waals surface area contributed by atoms with Crippen LogP contribution >= 0.6 is 15.9 Å². The lowest BCUT2D eigenvalue weighted by Crippen LogP contribution is -2.35. The van der Waals surface area contributed by atoms with E-state index in [1.165, 1.54) is 0 Å². The Bertz CT molecular complexity index is 550. The molecule has 1 saturated heterocycles. The second-order valence-electron chi connectivity index (χ2n) is 5.65. The summed E-state index contributed by atoms with van der Waals surface area (Å²) in [6, 6.07) is 3.56. The number of hydrogen-bond acceptors (Lipinski definition) is 4. The van der Waals surface area contributed by atoms with E-state index in [0.29, 0.717) is 37.7 Å². The summed E-state index contributed by atoms with van der Waals surface area (Å²) in [6.45, 7) is 6.59. The quantitative estimate of drug-likeness (QED) is 0.739. The fraction of sp³-hybridized carbons (Fsp3) is 0.588. The minimum Gasteiger partial charge on any atom is -0.490 e. The van der Waals surface area contributed by atoms with Crippen molar-refractivity contribution in [2.45, 2.75) is 45.7 Å². The highest BCUT2D eigenvalue weighted by Crippen LogP contribution is 2.37. The molecule has 23 heavy (non-hydrogen) atoms. The molecule has 1 heterocycles. The van der Waals surface area contributed by atoms with Gasteiger partial charge >= 0.3 is 5.97 Å². The Morgan fingerprint density at radius 2 is 2.17 bits per heavy atom. The lowest BCUT2D eigenvalue weighted by Gasteiger charge is -2.22. The first-order valence-corrected chi connectivity index (χ1v) is 8.91. The van der Waals surface area contributed by atoms with Gasteiger partial charge in [-0.3, -0.25) is 9.69 Å².